The Morgan fingerprint density at radius 3 is 2.57 bits per heavy atom. The Morgan fingerprint density at radius 2 is 2.00 bits per heavy atom. The summed E-state index contributed by atoms with van der Waals surface area (Å²) in [6.07, 6.45) is 0. The Bertz CT molecular complexity index is 727. The van der Waals surface area contributed by atoms with Crippen LogP contribution in [0.15, 0.2) is 35.1 Å². The molecule has 0 aliphatic rings. The molecule has 2 aromatic rings. The number of aromatic amines is 1. The Balaban J connectivity index is 2.45. The first-order chi connectivity index (χ1) is 10.1. The second-order valence-corrected chi connectivity index (χ2v) is 4.87. The third-order valence-electron chi connectivity index (χ3n) is 3.33. The van der Waals surface area contributed by atoms with Crippen LogP contribution in [-0.4, -0.2) is 30.3 Å². The zero-order chi connectivity index (χ0) is 15.4. The highest BCUT2D eigenvalue weighted by Crippen LogP contribution is 2.24. The van der Waals surface area contributed by atoms with Gasteiger partial charge in [-0.2, -0.15) is 5.26 Å². The maximum atomic E-state index is 11.8. The van der Waals surface area contributed by atoms with Gasteiger partial charge in [0, 0.05) is 30.5 Å². The lowest BCUT2D eigenvalue weighted by Crippen LogP contribution is -2.20. The van der Waals surface area contributed by atoms with Gasteiger partial charge in [0.1, 0.15) is 11.6 Å². The highest BCUT2D eigenvalue weighted by molar-refractivity contribution is 5.72. The van der Waals surface area contributed by atoms with E-state index < -0.39 is 0 Å². The number of nitrogens with one attached hydrogen (secondary N) is 1. The number of nitrogens with zero attached hydrogens (tertiary/aromatic N) is 2. The van der Waals surface area contributed by atoms with Crippen LogP contribution in [-0.2, 0) is 0 Å². The Kier molecular flexibility index (Phi) is 4.41. The minimum absolute atomic E-state index is 0.0874. The quantitative estimate of drug-likeness (QED) is 0.894. The molecule has 0 aliphatic carbocycles. The molecule has 108 valence electrons. The summed E-state index contributed by atoms with van der Waals surface area (Å²) in [6, 6.07) is 11.3. The van der Waals surface area contributed by atoms with Crippen LogP contribution in [0.2, 0.25) is 0 Å². The van der Waals surface area contributed by atoms with Crippen molar-refractivity contribution >= 4 is 5.69 Å². The van der Waals surface area contributed by atoms with Crippen LogP contribution in [0.3, 0.4) is 0 Å². The molecular weight excluding hydrogens is 266 g/mol. The molecule has 21 heavy (non-hydrogen) atoms. The van der Waals surface area contributed by atoms with Gasteiger partial charge in [0.05, 0.1) is 6.61 Å². The molecule has 0 spiro atoms. The van der Waals surface area contributed by atoms with E-state index in [1.165, 1.54) is 0 Å². The normalized spacial score (nSPS) is 10.2. The maximum absolute atomic E-state index is 11.8. The number of likely N-dealkylation sites (N-methyl/N-ethyl adjacent to an activating group) is 1. The lowest BCUT2D eigenvalue weighted by Gasteiger charge is -2.18. The topological polar surface area (TPSA) is 80.1 Å². The third kappa shape index (κ3) is 3.12. The van der Waals surface area contributed by atoms with Crippen LogP contribution in [0.5, 0.6) is 0 Å². The van der Waals surface area contributed by atoms with Crippen LogP contribution < -0.4 is 10.5 Å². The molecule has 0 saturated heterocycles. The van der Waals surface area contributed by atoms with E-state index in [4.69, 9.17) is 10.4 Å². The number of pyridine rings is 1. The van der Waals surface area contributed by atoms with E-state index >= 15 is 0 Å². The summed E-state index contributed by atoms with van der Waals surface area (Å²) in [7, 11) is 1.89. The molecule has 0 amide bonds. The Hall–Kier alpha value is -2.58. The van der Waals surface area contributed by atoms with Crippen molar-refractivity contribution in [3.05, 3.63) is 51.9 Å². The lowest BCUT2D eigenvalue weighted by atomic mass is 10.0. The van der Waals surface area contributed by atoms with Gasteiger partial charge in [-0.1, -0.05) is 12.1 Å². The van der Waals surface area contributed by atoms with Crippen LogP contribution in [0.25, 0.3) is 11.1 Å². The monoisotopic (exact) mass is 283 g/mol. The number of aromatic nitrogens is 1. The number of nitriles is 1. The summed E-state index contributed by atoms with van der Waals surface area (Å²) in [6.45, 7) is 2.42. The molecule has 5 heteroatoms. The molecular formula is C16H17N3O2. The van der Waals surface area contributed by atoms with Crippen molar-refractivity contribution in [1.29, 1.82) is 5.26 Å². The largest absolute Gasteiger partial charge is 0.395 e. The van der Waals surface area contributed by atoms with Crippen molar-refractivity contribution in [1.82, 2.24) is 4.98 Å². The summed E-state index contributed by atoms with van der Waals surface area (Å²) in [4.78, 5) is 16.4. The summed E-state index contributed by atoms with van der Waals surface area (Å²) in [5.41, 5.74) is 2.89. The zero-order valence-corrected chi connectivity index (χ0v) is 12.1. The first-order valence-electron chi connectivity index (χ1n) is 6.63. The molecule has 1 aromatic carbocycles. The van der Waals surface area contributed by atoms with Gasteiger partial charge in [-0.25, -0.2) is 0 Å². The smallest absolute Gasteiger partial charge is 0.266 e. The highest BCUT2D eigenvalue weighted by Gasteiger charge is 2.10. The summed E-state index contributed by atoms with van der Waals surface area (Å²) < 4.78 is 0. The molecule has 2 rings (SSSR count). The standard InChI is InChI=1S/C16H17N3O2/c1-11-9-14(15(10-17)16(21)18-11)12-3-5-13(6-4-12)19(2)7-8-20/h3-6,9,20H,7-8H2,1-2H3,(H,18,21). The third-order valence-corrected chi connectivity index (χ3v) is 3.33. The second-order valence-electron chi connectivity index (χ2n) is 4.87. The van der Waals surface area contributed by atoms with E-state index in [-0.39, 0.29) is 17.7 Å². The summed E-state index contributed by atoms with van der Waals surface area (Å²) in [5.74, 6) is 0. The van der Waals surface area contributed by atoms with E-state index in [0.717, 1.165) is 16.9 Å². The number of benzene rings is 1. The molecule has 0 saturated carbocycles. The molecule has 0 unspecified atom stereocenters. The fraction of sp³-hybridized carbons (Fsp3) is 0.250. The molecule has 1 heterocycles. The number of hydrogen-bond acceptors (Lipinski definition) is 4. The van der Waals surface area contributed by atoms with Crippen LogP contribution in [0.1, 0.15) is 11.3 Å². The number of aliphatic hydroxyl groups excluding tert-OH is 1. The van der Waals surface area contributed by atoms with Crippen LogP contribution in [0.4, 0.5) is 5.69 Å². The first kappa shape index (κ1) is 14.8. The van der Waals surface area contributed by atoms with E-state index in [1.807, 2.05) is 42.3 Å². The average molecular weight is 283 g/mol. The molecule has 0 bridgehead atoms. The van der Waals surface area contributed by atoms with Crippen molar-refractivity contribution in [3.63, 3.8) is 0 Å². The summed E-state index contributed by atoms with van der Waals surface area (Å²) >= 11 is 0. The van der Waals surface area contributed by atoms with Gasteiger partial charge in [0.2, 0.25) is 0 Å². The number of aliphatic hydroxyl groups is 1. The van der Waals surface area contributed by atoms with Gasteiger partial charge >= 0.3 is 0 Å². The van der Waals surface area contributed by atoms with Crippen molar-refractivity contribution < 1.29 is 5.11 Å². The predicted molar refractivity (Wildman–Crippen MR) is 82.3 cm³/mol. The number of anilines is 1. The van der Waals surface area contributed by atoms with Gasteiger partial charge in [0.25, 0.3) is 5.56 Å². The molecule has 0 fully saturated rings. The van der Waals surface area contributed by atoms with E-state index in [1.54, 1.807) is 13.0 Å². The number of aryl methyl sites for hydroxylation is 1. The van der Waals surface area contributed by atoms with Crippen molar-refractivity contribution in [2.45, 2.75) is 6.92 Å². The minimum Gasteiger partial charge on any atom is -0.395 e. The molecule has 1 aromatic heterocycles. The fourth-order valence-electron chi connectivity index (χ4n) is 2.20. The number of H-pyrrole nitrogens is 1. The molecule has 5 nitrogen and oxygen atoms in total. The SMILES string of the molecule is Cc1cc(-c2ccc(N(C)CCO)cc2)c(C#N)c(=O)[nH]1. The molecule has 0 radical (unpaired) electrons. The Labute approximate surface area is 123 Å². The van der Waals surface area contributed by atoms with Crippen LogP contribution >= 0.6 is 0 Å². The van der Waals surface area contributed by atoms with Gasteiger partial charge in [0.15, 0.2) is 0 Å². The average Bonchev–Trinajstić information content (AvgIpc) is 2.47. The predicted octanol–water partition coefficient (Wildman–Crippen LogP) is 1.65. The molecule has 0 atom stereocenters. The number of rotatable bonds is 4. The fourth-order valence-corrected chi connectivity index (χ4v) is 2.20. The lowest BCUT2D eigenvalue weighted by molar-refractivity contribution is 0.304. The van der Waals surface area contributed by atoms with Gasteiger partial charge in [-0.15, -0.1) is 0 Å². The highest BCUT2D eigenvalue weighted by atomic mass is 16.3. The number of hydrogen-bond donors (Lipinski definition) is 2. The second kappa shape index (κ2) is 6.25. The van der Waals surface area contributed by atoms with Crippen molar-refractivity contribution in [2.75, 3.05) is 25.1 Å². The Morgan fingerprint density at radius 1 is 1.33 bits per heavy atom. The first-order valence-corrected chi connectivity index (χ1v) is 6.63. The zero-order valence-electron chi connectivity index (χ0n) is 12.1. The summed E-state index contributed by atoms with van der Waals surface area (Å²) in [5, 5.41) is 18.1. The minimum atomic E-state index is -0.367. The van der Waals surface area contributed by atoms with Gasteiger partial charge in [-0.05, 0) is 30.7 Å². The van der Waals surface area contributed by atoms with Gasteiger partial charge < -0.3 is 15.0 Å². The maximum Gasteiger partial charge on any atom is 0.266 e. The van der Waals surface area contributed by atoms with Crippen molar-refractivity contribution in [2.24, 2.45) is 0 Å². The van der Waals surface area contributed by atoms with E-state index in [0.29, 0.717) is 12.1 Å². The molecule has 2 N–H and O–H groups in total. The van der Waals surface area contributed by atoms with Crippen LogP contribution in [0, 0.1) is 18.3 Å². The van der Waals surface area contributed by atoms with Crippen molar-refractivity contribution in [3.8, 4) is 17.2 Å². The van der Waals surface area contributed by atoms with E-state index in [2.05, 4.69) is 4.98 Å². The molecule has 0 aliphatic heterocycles. The van der Waals surface area contributed by atoms with E-state index in [9.17, 15) is 4.79 Å². The van der Waals surface area contributed by atoms with Gasteiger partial charge in [-0.3, -0.25) is 4.79 Å².